The minimum absolute atomic E-state index is 0.215. The Hall–Kier alpha value is -1.65. The maximum absolute atomic E-state index is 12.6. The Morgan fingerprint density at radius 3 is 2.09 bits per heavy atom. The summed E-state index contributed by atoms with van der Waals surface area (Å²) < 4.78 is 28.0. The van der Waals surface area contributed by atoms with Gasteiger partial charge in [0.25, 0.3) is 0 Å². The van der Waals surface area contributed by atoms with Gasteiger partial charge in [0.05, 0.1) is 4.90 Å². The number of aryl methyl sites for hydroxylation is 1. The Morgan fingerprint density at radius 2 is 1.55 bits per heavy atom. The van der Waals surface area contributed by atoms with Crippen molar-refractivity contribution in [3.05, 3.63) is 65.7 Å². The maximum Gasteiger partial charge on any atom is 0.241 e. The van der Waals surface area contributed by atoms with E-state index in [0.717, 1.165) is 17.5 Å². The van der Waals surface area contributed by atoms with Gasteiger partial charge in [-0.25, -0.2) is 13.1 Å². The van der Waals surface area contributed by atoms with E-state index in [1.165, 1.54) is 0 Å². The normalized spacial score (nSPS) is 13.3. The Morgan fingerprint density at radius 1 is 0.955 bits per heavy atom. The molecule has 0 amide bonds. The van der Waals surface area contributed by atoms with Gasteiger partial charge in [0.1, 0.15) is 0 Å². The summed E-state index contributed by atoms with van der Waals surface area (Å²) in [6, 6.07) is 16.4. The van der Waals surface area contributed by atoms with Gasteiger partial charge < -0.3 is 0 Å². The summed E-state index contributed by atoms with van der Waals surface area (Å²) in [7, 11) is -3.52. The van der Waals surface area contributed by atoms with E-state index in [9.17, 15) is 8.42 Å². The van der Waals surface area contributed by atoms with Crippen molar-refractivity contribution in [3.63, 3.8) is 0 Å². The molecule has 0 radical (unpaired) electrons. The molecule has 0 bridgehead atoms. The predicted octanol–water partition coefficient (Wildman–Crippen LogP) is 4.06. The van der Waals surface area contributed by atoms with Gasteiger partial charge in [-0.15, -0.1) is 0 Å². The van der Waals surface area contributed by atoms with Crippen LogP contribution in [0.25, 0.3) is 0 Å². The second kappa shape index (κ2) is 7.07. The van der Waals surface area contributed by atoms with Crippen molar-refractivity contribution in [2.24, 2.45) is 5.92 Å². The van der Waals surface area contributed by atoms with Gasteiger partial charge in [0.2, 0.25) is 10.0 Å². The summed E-state index contributed by atoms with van der Waals surface area (Å²) >= 11 is 0. The first-order chi connectivity index (χ1) is 10.4. The van der Waals surface area contributed by atoms with Crippen molar-refractivity contribution >= 4 is 10.0 Å². The zero-order chi connectivity index (χ0) is 16.2. The fourth-order valence-corrected chi connectivity index (χ4v) is 3.62. The van der Waals surface area contributed by atoms with Crippen molar-refractivity contribution in [2.45, 2.75) is 38.1 Å². The summed E-state index contributed by atoms with van der Waals surface area (Å²) in [5.41, 5.74) is 2.03. The lowest BCUT2D eigenvalue weighted by Crippen LogP contribution is -2.29. The van der Waals surface area contributed by atoms with Crippen molar-refractivity contribution in [2.75, 3.05) is 0 Å². The Labute approximate surface area is 133 Å². The molecule has 2 aromatic carbocycles. The highest BCUT2D eigenvalue weighted by Crippen LogP contribution is 2.23. The van der Waals surface area contributed by atoms with Crippen LogP contribution >= 0.6 is 0 Å². The highest BCUT2D eigenvalue weighted by Gasteiger charge is 2.22. The quantitative estimate of drug-likeness (QED) is 0.873. The van der Waals surface area contributed by atoms with Crippen LogP contribution in [0.1, 0.15) is 37.4 Å². The molecule has 0 aromatic heterocycles. The Balaban J connectivity index is 2.28. The molecular formula is C18H23NO2S. The fraction of sp³-hybridized carbons (Fsp3) is 0.333. The Bertz CT molecular complexity index is 692. The van der Waals surface area contributed by atoms with Crippen LogP contribution in [-0.2, 0) is 10.0 Å². The monoisotopic (exact) mass is 317 g/mol. The second-order valence-electron chi connectivity index (χ2n) is 6.03. The molecule has 0 spiro atoms. The van der Waals surface area contributed by atoms with E-state index in [0.29, 0.717) is 10.8 Å². The van der Waals surface area contributed by atoms with Crippen LogP contribution in [0, 0.1) is 12.8 Å². The molecule has 1 N–H and O–H groups in total. The summed E-state index contributed by atoms with van der Waals surface area (Å²) in [5.74, 6) is 0.394. The SMILES string of the molecule is Cc1ccc(S(=O)(=O)N[C@H](CC(C)C)c2ccccc2)cc1. The molecule has 0 aliphatic heterocycles. The highest BCUT2D eigenvalue weighted by molar-refractivity contribution is 7.89. The maximum atomic E-state index is 12.6. The lowest BCUT2D eigenvalue weighted by atomic mass is 9.98. The van der Waals surface area contributed by atoms with E-state index in [2.05, 4.69) is 18.6 Å². The molecule has 0 aliphatic rings. The van der Waals surface area contributed by atoms with Crippen molar-refractivity contribution in [3.8, 4) is 0 Å². The molecule has 118 valence electrons. The molecule has 0 unspecified atom stereocenters. The van der Waals surface area contributed by atoms with E-state index >= 15 is 0 Å². The summed E-state index contributed by atoms with van der Waals surface area (Å²) in [4.78, 5) is 0.308. The number of benzene rings is 2. The molecule has 2 rings (SSSR count). The van der Waals surface area contributed by atoms with Crippen molar-refractivity contribution in [1.29, 1.82) is 0 Å². The number of nitrogens with one attached hydrogen (secondary N) is 1. The first kappa shape index (κ1) is 16.7. The lowest BCUT2D eigenvalue weighted by molar-refractivity contribution is 0.472. The van der Waals surface area contributed by atoms with Gasteiger partial charge in [-0.3, -0.25) is 0 Å². The zero-order valence-corrected chi connectivity index (χ0v) is 14.1. The molecule has 1 atom stereocenters. The van der Waals surface area contributed by atoms with Crippen LogP contribution in [-0.4, -0.2) is 8.42 Å². The second-order valence-corrected chi connectivity index (χ2v) is 7.74. The van der Waals surface area contributed by atoms with E-state index in [1.54, 1.807) is 12.1 Å². The topological polar surface area (TPSA) is 46.2 Å². The molecule has 3 nitrogen and oxygen atoms in total. The molecule has 0 heterocycles. The van der Waals surface area contributed by atoms with E-state index in [-0.39, 0.29) is 6.04 Å². The first-order valence-electron chi connectivity index (χ1n) is 7.52. The molecule has 0 fully saturated rings. The van der Waals surface area contributed by atoms with Crippen LogP contribution in [0.3, 0.4) is 0 Å². The third kappa shape index (κ3) is 4.42. The van der Waals surface area contributed by atoms with E-state index in [1.807, 2.05) is 49.4 Å². The molecule has 0 aliphatic carbocycles. The number of hydrogen-bond acceptors (Lipinski definition) is 2. The highest BCUT2D eigenvalue weighted by atomic mass is 32.2. The minimum Gasteiger partial charge on any atom is -0.207 e. The van der Waals surface area contributed by atoms with Crippen LogP contribution in [0.15, 0.2) is 59.5 Å². The lowest BCUT2D eigenvalue weighted by Gasteiger charge is -2.21. The van der Waals surface area contributed by atoms with Crippen LogP contribution in [0.4, 0.5) is 0 Å². The average Bonchev–Trinajstić information content (AvgIpc) is 2.47. The largest absolute Gasteiger partial charge is 0.241 e. The molecular weight excluding hydrogens is 294 g/mol. The standard InChI is InChI=1S/C18H23NO2S/c1-14(2)13-18(16-7-5-4-6-8-16)19-22(20,21)17-11-9-15(3)10-12-17/h4-12,14,18-19H,13H2,1-3H3/t18-/m1/s1. The first-order valence-corrected chi connectivity index (χ1v) is 9.01. The van der Waals surface area contributed by atoms with Crippen LogP contribution in [0.5, 0.6) is 0 Å². The third-order valence-corrected chi connectivity index (χ3v) is 5.03. The molecule has 0 saturated heterocycles. The van der Waals surface area contributed by atoms with Gasteiger partial charge >= 0.3 is 0 Å². The minimum atomic E-state index is -3.52. The summed E-state index contributed by atoms with van der Waals surface area (Å²) in [5, 5.41) is 0. The molecule has 0 saturated carbocycles. The van der Waals surface area contributed by atoms with Gasteiger partial charge in [0.15, 0.2) is 0 Å². The van der Waals surface area contributed by atoms with E-state index < -0.39 is 10.0 Å². The van der Waals surface area contributed by atoms with Crippen molar-refractivity contribution < 1.29 is 8.42 Å². The van der Waals surface area contributed by atoms with E-state index in [4.69, 9.17) is 0 Å². The van der Waals surface area contributed by atoms with Gasteiger partial charge in [-0.05, 0) is 37.0 Å². The van der Waals surface area contributed by atoms with Gasteiger partial charge in [-0.1, -0.05) is 61.9 Å². The summed E-state index contributed by atoms with van der Waals surface area (Å²) in [6.45, 7) is 6.13. The number of rotatable bonds is 6. The zero-order valence-electron chi connectivity index (χ0n) is 13.3. The molecule has 4 heteroatoms. The average molecular weight is 317 g/mol. The molecule has 22 heavy (non-hydrogen) atoms. The van der Waals surface area contributed by atoms with Crippen molar-refractivity contribution in [1.82, 2.24) is 4.72 Å². The smallest absolute Gasteiger partial charge is 0.207 e. The number of sulfonamides is 1. The molecule has 2 aromatic rings. The van der Waals surface area contributed by atoms with Crippen LogP contribution < -0.4 is 4.72 Å². The summed E-state index contributed by atoms with van der Waals surface area (Å²) in [6.07, 6.45) is 0.759. The van der Waals surface area contributed by atoms with Gasteiger partial charge in [0, 0.05) is 6.04 Å². The predicted molar refractivity (Wildman–Crippen MR) is 90.1 cm³/mol. The third-order valence-electron chi connectivity index (χ3n) is 3.54. The van der Waals surface area contributed by atoms with Crippen LogP contribution in [0.2, 0.25) is 0 Å². The fourth-order valence-electron chi connectivity index (χ4n) is 2.38. The Kier molecular flexibility index (Phi) is 5.37. The number of hydrogen-bond donors (Lipinski definition) is 1. The van der Waals surface area contributed by atoms with Gasteiger partial charge in [-0.2, -0.15) is 0 Å².